The highest BCUT2D eigenvalue weighted by Crippen LogP contribution is 2.72. The van der Waals surface area contributed by atoms with Gasteiger partial charge in [0.15, 0.2) is 0 Å². The maximum Gasteiger partial charge on any atom is 0.143 e. The lowest BCUT2D eigenvalue weighted by molar-refractivity contribution is -0.213. The Kier molecular flexibility index (Phi) is 5.95. The van der Waals surface area contributed by atoms with Crippen molar-refractivity contribution in [3.8, 4) is 0 Å². The maximum atomic E-state index is 13.8. The number of nitrogens with zero attached hydrogens (tertiary/aromatic N) is 1. The number of benzene rings is 2. The van der Waals surface area contributed by atoms with Crippen molar-refractivity contribution >= 4 is 23.1 Å². The fraction of sp³-hybridized carbons (Fsp3) is 0.552. The number of ketones is 1. The molecule has 0 bridgehead atoms. The zero-order valence-electron chi connectivity index (χ0n) is 19.8. The number of Topliss-reactive ketones (excluding diaryl/α,β-unsaturated/α-hetero) is 1. The Hall–Kier alpha value is -1.88. The minimum Gasteiger partial charge on any atom is -0.392 e. The molecule has 2 aromatic rings. The number of likely N-dealkylation sites (tertiary alicyclic amines) is 1. The molecule has 0 amide bonds. The average molecular weight is 479 g/mol. The van der Waals surface area contributed by atoms with E-state index in [2.05, 4.69) is 40.5 Å². The van der Waals surface area contributed by atoms with E-state index >= 15 is 0 Å². The van der Waals surface area contributed by atoms with E-state index in [1.807, 2.05) is 18.2 Å². The van der Waals surface area contributed by atoms with Crippen molar-refractivity contribution in [3.05, 3.63) is 64.7 Å². The number of nitrogens with one attached hydrogen (secondary N) is 1. The van der Waals surface area contributed by atoms with Gasteiger partial charge in [-0.25, -0.2) is 0 Å². The van der Waals surface area contributed by atoms with Crippen molar-refractivity contribution in [1.82, 2.24) is 4.90 Å². The molecule has 3 saturated carbocycles. The summed E-state index contributed by atoms with van der Waals surface area (Å²) in [6.07, 6.45) is 6.72. The number of carbonyl (C=O) groups is 1. The molecule has 4 aliphatic rings. The molecule has 4 nitrogen and oxygen atoms in total. The number of aliphatic hydroxyl groups excluding tert-OH is 1. The van der Waals surface area contributed by atoms with Crippen molar-refractivity contribution in [1.29, 1.82) is 0 Å². The predicted molar refractivity (Wildman–Crippen MR) is 136 cm³/mol. The van der Waals surface area contributed by atoms with E-state index in [4.69, 9.17) is 11.6 Å². The molecule has 1 saturated heterocycles. The number of carbonyl (C=O) groups excluding carboxylic acids is 1. The lowest BCUT2D eigenvalue weighted by Gasteiger charge is -2.70. The van der Waals surface area contributed by atoms with Crippen LogP contribution >= 0.6 is 11.6 Å². The monoisotopic (exact) mass is 478 g/mol. The normalized spacial score (nSPS) is 34.5. The van der Waals surface area contributed by atoms with Crippen molar-refractivity contribution in [3.63, 3.8) is 0 Å². The van der Waals surface area contributed by atoms with Gasteiger partial charge in [0.2, 0.25) is 0 Å². The van der Waals surface area contributed by atoms with E-state index in [0.717, 1.165) is 69.4 Å². The van der Waals surface area contributed by atoms with Crippen molar-refractivity contribution in [2.75, 3.05) is 18.4 Å². The van der Waals surface area contributed by atoms with Crippen LogP contribution in [0.15, 0.2) is 48.5 Å². The molecule has 2 aromatic carbocycles. The first kappa shape index (κ1) is 22.6. The third kappa shape index (κ3) is 3.88. The van der Waals surface area contributed by atoms with E-state index in [1.165, 1.54) is 5.56 Å². The van der Waals surface area contributed by atoms with Crippen LogP contribution in [0.3, 0.4) is 0 Å². The number of piperidine rings is 1. The van der Waals surface area contributed by atoms with Crippen LogP contribution in [0, 0.1) is 29.1 Å². The molecule has 0 aromatic heterocycles. The third-order valence-corrected chi connectivity index (χ3v) is 9.64. The van der Waals surface area contributed by atoms with Crippen molar-refractivity contribution < 1.29 is 9.90 Å². The lowest BCUT2D eigenvalue weighted by Crippen LogP contribution is -2.69. The van der Waals surface area contributed by atoms with Crippen LogP contribution in [0.2, 0.25) is 5.02 Å². The summed E-state index contributed by atoms with van der Waals surface area (Å²) in [5.74, 6) is 2.82. The molecule has 1 aliphatic heterocycles. The molecule has 0 radical (unpaired) electrons. The lowest BCUT2D eigenvalue weighted by atomic mass is 9.33. The number of rotatable bonds is 7. The van der Waals surface area contributed by atoms with Gasteiger partial charge in [-0.1, -0.05) is 48.0 Å². The van der Waals surface area contributed by atoms with Crippen LogP contribution in [-0.4, -0.2) is 34.9 Å². The van der Waals surface area contributed by atoms with Gasteiger partial charge in [0.25, 0.3) is 0 Å². The number of hydrogen-bond donors (Lipinski definition) is 2. The molecule has 1 heterocycles. The summed E-state index contributed by atoms with van der Waals surface area (Å²) in [6, 6.07) is 17.0. The van der Waals surface area contributed by atoms with E-state index in [1.54, 1.807) is 0 Å². The highest BCUT2D eigenvalue weighted by atomic mass is 35.5. The Bertz CT molecular complexity index is 1040. The van der Waals surface area contributed by atoms with E-state index < -0.39 is 0 Å². The summed E-state index contributed by atoms with van der Waals surface area (Å²) in [7, 11) is 0. The average Bonchev–Trinajstić information content (AvgIpc) is 2.81. The highest BCUT2D eigenvalue weighted by Gasteiger charge is 2.70. The maximum absolute atomic E-state index is 13.8. The fourth-order valence-electron chi connectivity index (χ4n) is 7.94. The van der Waals surface area contributed by atoms with Gasteiger partial charge in [-0.2, -0.15) is 0 Å². The second-order valence-electron chi connectivity index (χ2n) is 11.3. The first-order chi connectivity index (χ1) is 16.6. The van der Waals surface area contributed by atoms with Crippen LogP contribution in [0.25, 0.3) is 0 Å². The van der Waals surface area contributed by atoms with Gasteiger partial charge < -0.3 is 10.4 Å². The number of aliphatic hydroxyl groups is 1. The molecule has 6 atom stereocenters. The van der Waals surface area contributed by atoms with Gasteiger partial charge in [-0.15, -0.1) is 0 Å². The van der Waals surface area contributed by atoms with Crippen LogP contribution < -0.4 is 5.32 Å². The first-order valence-corrected chi connectivity index (χ1v) is 13.4. The largest absolute Gasteiger partial charge is 0.392 e. The SMILES string of the molecule is O=C([C@@H]1CCCN(Cc2ccccc2)C1)C12C[C@H]3C[C@H](Nc4ccc(CO)c(Cl)c4)C[C@@H](C1)C32. The van der Waals surface area contributed by atoms with Crippen LogP contribution in [0.1, 0.15) is 49.7 Å². The topological polar surface area (TPSA) is 52.6 Å². The molecule has 180 valence electrons. The Labute approximate surface area is 207 Å². The summed E-state index contributed by atoms with van der Waals surface area (Å²) in [6.45, 7) is 2.97. The summed E-state index contributed by atoms with van der Waals surface area (Å²) in [5, 5.41) is 13.7. The second-order valence-corrected chi connectivity index (χ2v) is 11.7. The molecule has 4 fully saturated rings. The Balaban J connectivity index is 1.06. The fourth-order valence-corrected chi connectivity index (χ4v) is 8.18. The summed E-state index contributed by atoms with van der Waals surface area (Å²) in [4.78, 5) is 16.3. The standard InChI is InChI=1S/C29H35ClN2O2/c30-26-13-24(9-8-21(26)18-33)31-25-11-22-14-29(15-23(12-25)27(22)29)28(34)20-7-4-10-32(17-20)16-19-5-2-1-3-6-19/h1-3,5-6,8-9,13,20,22-23,25,27,31,33H,4,7,10-12,14-18H2/t20-,22-,23+,25+,27?,29?/m1/s1. The minimum absolute atomic E-state index is 0.00676. The van der Waals surface area contributed by atoms with Crippen LogP contribution in [-0.2, 0) is 17.9 Å². The van der Waals surface area contributed by atoms with Crippen molar-refractivity contribution in [2.24, 2.45) is 29.1 Å². The molecule has 6 rings (SSSR count). The van der Waals surface area contributed by atoms with E-state index in [-0.39, 0.29) is 17.9 Å². The second kappa shape index (κ2) is 8.96. The number of anilines is 1. The molecule has 2 N–H and O–H groups in total. The Morgan fingerprint density at radius 2 is 1.88 bits per heavy atom. The first-order valence-electron chi connectivity index (χ1n) is 13.0. The summed E-state index contributed by atoms with van der Waals surface area (Å²) < 4.78 is 0. The molecule has 5 heteroatoms. The molecule has 2 unspecified atom stereocenters. The summed E-state index contributed by atoms with van der Waals surface area (Å²) >= 11 is 6.29. The van der Waals surface area contributed by atoms with Crippen molar-refractivity contribution in [2.45, 2.75) is 57.7 Å². The van der Waals surface area contributed by atoms with Gasteiger partial charge in [0.05, 0.1) is 6.61 Å². The van der Waals surface area contributed by atoms with Gasteiger partial charge in [0, 0.05) is 41.2 Å². The highest BCUT2D eigenvalue weighted by molar-refractivity contribution is 6.31. The minimum atomic E-state index is -0.0323. The predicted octanol–water partition coefficient (Wildman–Crippen LogP) is 5.53. The molecular formula is C29H35ClN2O2. The summed E-state index contributed by atoms with van der Waals surface area (Å²) in [5.41, 5.74) is 3.15. The van der Waals surface area contributed by atoms with Gasteiger partial charge in [-0.05, 0) is 86.1 Å². The quantitative estimate of drug-likeness (QED) is 0.549. The number of hydrogen-bond acceptors (Lipinski definition) is 4. The number of halogens is 1. The van der Waals surface area contributed by atoms with E-state index in [9.17, 15) is 9.90 Å². The Morgan fingerprint density at radius 3 is 2.59 bits per heavy atom. The van der Waals surface area contributed by atoms with Gasteiger partial charge >= 0.3 is 0 Å². The van der Waals surface area contributed by atoms with Crippen LogP contribution in [0.5, 0.6) is 0 Å². The van der Waals surface area contributed by atoms with Gasteiger partial charge in [-0.3, -0.25) is 9.69 Å². The smallest absolute Gasteiger partial charge is 0.143 e. The molecule has 34 heavy (non-hydrogen) atoms. The Morgan fingerprint density at radius 1 is 1.12 bits per heavy atom. The van der Waals surface area contributed by atoms with E-state index in [0.29, 0.717) is 34.6 Å². The third-order valence-electron chi connectivity index (χ3n) is 9.29. The molecule has 3 aliphatic carbocycles. The zero-order chi connectivity index (χ0) is 23.3. The molecular weight excluding hydrogens is 444 g/mol. The zero-order valence-corrected chi connectivity index (χ0v) is 20.5. The van der Waals surface area contributed by atoms with Crippen LogP contribution in [0.4, 0.5) is 5.69 Å². The van der Waals surface area contributed by atoms with Gasteiger partial charge in [0.1, 0.15) is 5.78 Å². The molecule has 0 spiro atoms.